The average molecular weight is 429 g/mol. The molecular formula is C19H19N5O5S. The molecule has 0 aliphatic heterocycles. The number of carbonyl (C=O) groups excluding carboxylic acids is 1. The minimum absolute atomic E-state index is 0.0581. The van der Waals surface area contributed by atoms with Gasteiger partial charge in [0, 0.05) is 17.2 Å². The van der Waals surface area contributed by atoms with Crippen molar-refractivity contribution in [3.63, 3.8) is 0 Å². The number of ether oxygens (including phenoxy) is 2. The maximum Gasteiger partial charge on any atom is 0.315 e. The molecule has 0 aliphatic carbocycles. The van der Waals surface area contributed by atoms with Gasteiger partial charge < -0.3 is 19.4 Å². The lowest BCUT2D eigenvalue weighted by atomic mass is 10.2. The van der Waals surface area contributed by atoms with Crippen molar-refractivity contribution < 1.29 is 19.2 Å². The second-order valence-corrected chi connectivity index (χ2v) is 6.62. The zero-order valence-electron chi connectivity index (χ0n) is 16.2. The van der Waals surface area contributed by atoms with Gasteiger partial charge in [-0.3, -0.25) is 14.9 Å². The summed E-state index contributed by atoms with van der Waals surface area (Å²) in [6.45, 7) is 2.21. The third kappa shape index (κ3) is 4.63. The third-order valence-corrected chi connectivity index (χ3v) is 4.29. The second kappa shape index (κ2) is 9.18. The van der Waals surface area contributed by atoms with Crippen molar-refractivity contribution in [2.24, 2.45) is 5.10 Å². The highest BCUT2D eigenvalue weighted by Gasteiger charge is 2.22. The zero-order chi connectivity index (χ0) is 21.7. The van der Waals surface area contributed by atoms with Crippen LogP contribution in [0.4, 0.5) is 5.69 Å². The van der Waals surface area contributed by atoms with Crippen molar-refractivity contribution in [3.05, 3.63) is 56.3 Å². The van der Waals surface area contributed by atoms with E-state index in [1.807, 2.05) is 6.92 Å². The summed E-state index contributed by atoms with van der Waals surface area (Å²) in [7, 11) is 1.39. The van der Waals surface area contributed by atoms with Crippen molar-refractivity contribution in [2.45, 2.75) is 13.3 Å². The highest BCUT2D eigenvalue weighted by atomic mass is 32.1. The number of imidazole rings is 1. The van der Waals surface area contributed by atoms with Gasteiger partial charge in [-0.05, 0) is 42.9 Å². The Morgan fingerprint density at radius 2 is 2.07 bits per heavy atom. The number of aromatic nitrogens is 2. The van der Waals surface area contributed by atoms with E-state index in [2.05, 4.69) is 20.5 Å². The largest absolute Gasteiger partial charge is 0.493 e. The Kier molecular flexibility index (Phi) is 6.42. The van der Waals surface area contributed by atoms with Gasteiger partial charge in [0.25, 0.3) is 5.91 Å². The van der Waals surface area contributed by atoms with Crippen molar-refractivity contribution in [3.8, 4) is 11.5 Å². The van der Waals surface area contributed by atoms with Gasteiger partial charge in [-0.2, -0.15) is 5.10 Å². The van der Waals surface area contributed by atoms with Crippen LogP contribution < -0.4 is 14.9 Å². The molecule has 1 amide bonds. The predicted octanol–water partition coefficient (Wildman–Crippen LogP) is 3.69. The minimum Gasteiger partial charge on any atom is -0.493 e. The first kappa shape index (κ1) is 21.0. The zero-order valence-corrected chi connectivity index (χ0v) is 17.0. The molecule has 0 saturated heterocycles. The number of H-pyrrole nitrogens is 2. The van der Waals surface area contributed by atoms with Crippen LogP contribution in [0.3, 0.4) is 0 Å². The summed E-state index contributed by atoms with van der Waals surface area (Å²) in [6, 6.07) is 7.83. The lowest BCUT2D eigenvalue weighted by Gasteiger charge is -2.11. The monoisotopic (exact) mass is 429 g/mol. The number of nitro benzene ring substituents is 1. The molecule has 0 aliphatic rings. The number of carbonyl (C=O) groups is 1. The molecule has 0 radical (unpaired) electrons. The van der Waals surface area contributed by atoms with Crippen LogP contribution in [0.25, 0.3) is 11.0 Å². The SMILES string of the molecule is CCCOc1c(OC)cc(/C=N\NC(=O)c2ccc3[nH]c(=S)[nH]c3c2)cc1[N+](=O)[O-]. The molecule has 156 valence electrons. The van der Waals surface area contributed by atoms with Crippen LogP contribution in [-0.4, -0.2) is 40.7 Å². The summed E-state index contributed by atoms with van der Waals surface area (Å²) in [6.07, 6.45) is 1.98. The number of nitrogens with one attached hydrogen (secondary N) is 3. The molecule has 3 N–H and O–H groups in total. The minimum atomic E-state index is -0.556. The van der Waals surface area contributed by atoms with Crippen molar-refractivity contribution >= 4 is 41.1 Å². The molecule has 0 fully saturated rings. The Labute approximate surface area is 176 Å². The summed E-state index contributed by atoms with van der Waals surface area (Å²) >= 11 is 5.03. The quantitative estimate of drug-likeness (QED) is 0.216. The number of hydrogen-bond donors (Lipinski definition) is 3. The van der Waals surface area contributed by atoms with E-state index < -0.39 is 10.8 Å². The lowest BCUT2D eigenvalue weighted by molar-refractivity contribution is -0.386. The molecule has 3 aromatic rings. The van der Waals surface area contributed by atoms with E-state index in [9.17, 15) is 14.9 Å². The summed E-state index contributed by atoms with van der Waals surface area (Å²) in [5.41, 5.74) is 4.36. The highest BCUT2D eigenvalue weighted by Crippen LogP contribution is 2.38. The number of aromatic amines is 2. The molecule has 0 spiro atoms. The van der Waals surface area contributed by atoms with E-state index in [4.69, 9.17) is 21.7 Å². The molecule has 11 heteroatoms. The molecule has 0 saturated carbocycles. The summed E-state index contributed by atoms with van der Waals surface area (Å²) in [4.78, 5) is 29.1. The standard InChI is InChI=1S/C19H19N5O5S/c1-3-6-29-17-15(24(26)27)7-11(8-16(17)28-2)10-20-23-18(25)12-4-5-13-14(9-12)22-19(30)21-13/h4-5,7-10H,3,6H2,1-2H3,(H,23,25)(H2,21,22,30)/b20-10-. The molecule has 0 bridgehead atoms. The molecule has 0 unspecified atom stereocenters. The van der Waals surface area contributed by atoms with E-state index in [0.29, 0.717) is 34.4 Å². The van der Waals surface area contributed by atoms with E-state index in [1.54, 1.807) is 24.3 Å². The molecule has 1 aromatic heterocycles. The van der Waals surface area contributed by atoms with Gasteiger partial charge >= 0.3 is 5.69 Å². The lowest BCUT2D eigenvalue weighted by Crippen LogP contribution is -2.17. The molecule has 1 heterocycles. The average Bonchev–Trinajstić information content (AvgIpc) is 3.10. The Balaban J connectivity index is 1.80. The van der Waals surface area contributed by atoms with Crippen LogP contribution in [-0.2, 0) is 0 Å². The number of hydrazone groups is 1. The molecule has 3 rings (SSSR count). The van der Waals surface area contributed by atoms with Gasteiger partial charge in [0.1, 0.15) is 0 Å². The van der Waals surface area contributed by atoms with E-state index in [0.717, 1.165) is 5.52 Å². The van der Waals surface area contributed by atoms with Crippen molar-refractivity contribution in [2.75, 3.05) is 13.7 Å². The van der Waals surface area contributed by atoms with Gasteiger partial charge in [0.05, 0.1) is 35.9 Å². The van der Waals surface area contributed by atoms with Crippen LogP contribution in [0.2, 0.25) is 0 Å². The molecule has 0 atom stereocenters. The fraction of sp³-hybridized carbons (Fsp3) is 0.211. The van der Waals surface area contributed by atoms with Crippen LogP contribution in [0.15, 0.2) is 35.4 Å². The smallest absolute Gasteiger partial charge is 0.315 e. The molecule has 10 nitrogen and oxygen atoms in total. The number of methoxy groups -OCH3 is 1. The normalized spacial score (nSPS) is 11.0. The number of fused-ring (bicyclic) bond motifs is 1. The van der Waals surface area contributed by atoms with Gasteiger partial charge in [-0.25, -0.2) is 5.43 Å². The number of rotatable bonds is 8. The van der Waals surface area contributed by atoms with Crippen LogP contribution in [0, 0.1) is 14.9 Å². The fourth-order valence-corrected chi connectivity index (χ4v) is 2.94. The molecule has 2 aromatic carbocycles. The maximum absolute atomic E-state index is 12.3. The Morgan fingerprint density at radius 3 is 2.77 bits per heavy atom. The first-order chi connectivity index (χ1) is 14.4. The first-order valence-corrected chi connectivity index (χ1v) is 9.38. The van der Waals surface area contributed by atoms with E-state index in [1.165, 1.54) is 19.4 Å². The summed E-state index contributed by atoms with van der Waals surface area (Å²) < 4.78 is 11.1. The molecule has 30 heavy (non-hydrogen) atoms. The summed E-state index contributed by atoms with van der Waals surface area (Å²) in [5, 5.41) is 15.3. The van der Waals surface area contributed by atoms with Crippen LogP contribution in [0.5, 0.6) is 11.5 Å². The third-order valence-electron chi connectivity index (χ3n) is 4.08. The Bertz CT molecular complexity index is 1180. The van der Waals surface area contributed by atoms with Gasteiger partial charge in [-0.1, -0.05) is 6.92 Å². The second-order valence-electron chi connectivity index (χ2n) is 6.22. The topological polar surface area (TPSA) is 135 Å². The number of amides is 1. The van der Waals surface area contributed by atoms with E-state index in [-0.39, 0.29) is 17.2 Å². The van der Waals surface area contributed by atoms with Gasteiger partial charge in [-0.15, -0.1) is 0 Å². The van der Waals surface area contributed by atoms with Gasteiger partial charge in [0.15, 0.2) is 10.5 Å². The van der Waals surface area contributed by atoms with Crippen LogP contribution >= 0.6 is 12.2 Å². The van der Waals surface area contributed by atoms with E-state index >= 15 is 0 Å². The number of hydrogen-bond acceptors (Lipinski definition) is 7. The first-order valence-electron chi connectivity index (χ1n) is 8.97. The number of nitro groups is 1. The fourth-order valence-electron chi connectivity index (χ4n) is 2.72. The number of benzene rings is 2. The Morgan fingerprint density at radius 1 is 1.30 bits per heavy atom. The Hall–Kier alpha value is -3.73. The van der Waals surface area contributed by atoms with Gasteiger partial charge in [0.2, 0.25) is 5.75 Å². The predicted molar refractivity (Wildman–Crippen MR) is 114 cm³/mol. The van der Waals surface area contributed by atoms with Crippen molar-refractivity contribution in [1.82, 2.24) is 15.4 Å². The highest BCUT2D eigenvalue weighted by molar-refractivity contribution is 7.71. The van der Waals surface area contributed by atoms with Crippen LogP contribution in [0.1, 0.15) is 29.3 Å². The van der Waals surface area contributed by atoms with Crippen molar-refractivity contribution in [1.29, 1.82) is 0 Å². The maximum atomic E-state index is 12.3. The summed E-state index contributed by atoms with van der Waals surface area (Å²) in [5.74, 6) is -0.181. The number of nitrogens with zero attached hydrogens (tertiary/aromatic N) is 2. The molecular weight excluding hydrogens is 410 g/mol.